The Kier molecular flexibility index (Phi) is 2.37. The van der Waals surface area contributed by atoms with E-state index in [2.05, 4.69) is 10.0 Å². The highest BCUT2D eigenvalue weighted by Gasteiger charge is 1.46. The normalized spacial score (nSPS) is 4.80. The minimum Gasteiger partial charge on any atom is -0.296 e. The second-order valence-electron chi connectivity index (χ2n) is 0.310. The Bertz CT molecular complexity index is 71.0. The maximum Gasteiger partial charge on any atom is 0.206 e. The third kappa shape index (κ3) is 2.98. The second kappa shape index (κ2) is 2.98. The lowest BCUT2D eigenvalue weighted by Gasteiger charge is -1.39. The van der Waals surface area contributed by atoms with Crippen LogP contribution >= 0.6 is 0 Å². The minimum atomic E-state index is 0.139. The molecule has 0 aromatic heterocycles. The third-order valence-electron chi connectivity index (χ3n) is 0.0988. The predicted molar refractivity (Wildman–Crippen MR) is 15.2 cm³/mol. The van der Waals surface area contributed by atoms with Crippen LogP contribution in [0.5, 0.6) is 0 Å². The first-order valence-electron chi connectivity index (χ1n) is 0.894. The maximum atomic E-state index is 8.98. The van der Waals surface area contributed by atoms with Crippen molar-refractivity contribution in [3.63, 3.8) is 0 Å². The van der Waals surface area contributed by atoms with Crippen molar-refractivity contribution in [1.82, 2.24) is 0 Å². The molecule has 4 nitrogen and oxygen atoms in total. The van der Waals surface area contributed by atoms with Crippen LogP contribution in [-0.2, 0) is 4.79 Å². The lowest BCUT2D eigenvalue weighted by molar-refractivity contribution is -0.106. The van der Waals surface area contributed by atoms with Crippen molar-refractivity contribution in [3.05, 3.63) is 10.4 Å². The van der Waals surface area contributed by atoms with Gasteiger partial charge in [0.25, 0.3) is 0 Å². The lowest BCUT2D eigenvalue weighted by atomic mass is 11.5. The molecule has 4 heteroatoms. The highest BCUT2D eigenvalue weighted by Crippen LogP contribution is 1.50. The summed E-state index contributed by atoms with van der Waals surface area (Å²) in [7, 11) is 0. The molecule has 0 heterocycles. The topological polar surface area (TPSA) is 65.8 Å². The Hall–Kier alpha value is -1.02. The second-order valence-corrected chi connectivity index (χ2v) is 0.310. The highest BCUT2D eigenvalue weighted by molar-refractivity contribution is 5.46. The van der Waals surface area contributed by atoms with Crippen LogP contribution in [0.2, 0.25) is 0 Å². The van der Waals surface area contributed by atoms with Crippen molar-refractivity contribution < 1.29 is 4.79 Å². The van der Waals surface area contributed by atoms with Crippen molar-refractivity contribution >= 4 is 6.41 Å². The SMILES string of the molecule is [N-]=[N+]=NC=O. The molecule has 0 atom stereocenters. The molecule has 0 fully saturated rings. The summed E-state index contributed by atoms with van der Waals surface area (Å²) in [5.74, 6) is 0. The Balaban J connectivity index is 3.31. The summed E-state index contributed by atoms with van der Waals surface area (Å²) in [6.45, 7) is 0. The van der Waals surface area contributed by atoms with E-state index < -0.39 is 0 Å². The molecule has 0 aromatic carbocycles. The van der Waals surface area contributed by atoms with Gasteiger partial charge in [0.05, 0.1) is 0 Å². The molecule has 0 rings (SSSR count). The maximum absolute atomic E-state index is 8.98. The van der Waals surface area contributed by atoms with E-state index in [1.54, 1.807) is 0 Å². The largest absolute Gasteiger partial charge is 0.296 e. The fourth-order valence-electron chi connectivity index (χ4n) is 0.0211. The third-order valence-corrected chi connectivity index (χ3v) is 0.0988. The van der Waals surface area contributed by atoms with Gasteiger partial charge in [0, 0.05) is 4.91 Å². The fourth-order valence-corrected chi connectivity index (χ4v) is 0.0211. The number of carbonyl (C=O) groups is 1. The van der Waals surface area contributed by atoms with Gasteiger partial charge < -0.3 is 0 Å². The molecule has 0 aliphatic rings. The zero-order chi connectivity index (χ0) is 4.12. The van der Waals surface area contributed by atoms with Crippen LogP contribution in [0.1, 0.15) is 0 Å². The predicted octanol–water partition coefficient (Wildman–Crippen LogP) is 0.453. The van der Waals surface area contributed by atoms with Crippen molar-refractivity contribution in [2.75, 3.05) is 0 Å². The molecule has 0 aliphatic heterocycles. The van der Waals surface area contributed by atoms with Crippen molar-refractivity contribution in [2.24, 2.45) is 5.11 Å². The number of azide groups is 1. The van der Waals surface area contributed by atoms with Crippen LogP contribution < -0.4 is 0 Å². The van der Waals surface area contributed by atoms with Crippen LogP contribution in [0, 0.1) is 0 Å². The molecule has 5 heavy (non-hydrogen) atoms. The van der Waals surface area contributed by atoms with Gasteiger partial charge in [-0.3, -0.25) is 4.79 Å². The molecule has 0 aliphatic carbocycles. The number of hydrogen-bond acceptors (Lipinski definition) is 1. The average Bonchev–Trinajstić information content (AvgIpc) is 1.41. The van der Waals surface area contributed by atoms with Gasteiger partial charge in [-0.2, -0.15) is 0 Å². The molecule has 0 unspecified atom stereocenters. The number of rotatable bonds is 1. The van der Waals surface area contributed by atoms with Gasteiger partial charge in [-0.1, -0.05) is 0 Å². The highest BCUT2D eigenvalue weighted by atomic mass is 16.1. The first kappa shape index (κ1) is 3.98. The summed E-state index contributed by atoms with van der Waals surface area (Å²) < 4.78 is 0. The van der Waals surface area contributed by atoms with Gasteiger partial charge in [0.2, 0.25) is 6.41 Å². The summed E-state index contributed by atoms with van der Waals surface area (Å²) in [4.78, 5) is 11.1. The molecule has 0 spiro atoms. The number of amides is 1. The number of hydrogen-bond donors (Lipinski definition) is 0. The minimum absolute atomic E-state index is 0.139. The summed E-state index contributed by atoms with van der Waals surface area (Å²) in [6.07, 6.45) is 0.139. The zero-order valence-corrected chi connectivity index (χ0v) is 2.33. The molecule has 0 aromatic rings. The standard InChI is InChI=1S/CHN3O/c2-4-3-1-5/h1H. The molecular formula is CHN3O. The van der Waals surface area contributed by atoms with E-state index in [0.717, 1.165) is 0 Å². The Morgan fingerprint density at radius 3 is 2.60 bits per heavy atom. The van der Waals surface area contributed by atoms with Crippen molar-refractivity contribution in [1.29, 1.82) is 0 Å². The summed E-state index contributed by atoms with van der Waals surface area (Å²) >= 11 is 0. The van der Waals surface area contributed by atoms with E-state index in [-0.39, 0.29) is 6.41 Å². The van der Waals surface area contributed by atoms with E-state index in [1.807, 2.05) is 0 Å². The van der Waals surface area contributed by atoms with Crippen molar-refractivity contribution in [3.8, 4) is 0 Å². The quantitative estimate of drug-likeness (QED) is 0.191. The van der Waals surface area contributed by atoms with Crippen LogP contribution in [0.4, 0.5) is 0 Å². The first-order valence-corrected chi connectivity index (χ1v) is 0.894. The molecule has 0 bridgehead atoms. The van der Waals surface area contributed by atoms with Gasteiger partial charge in [-0.25, -0.2) is 0 Å². The van der Waals surface area contributed by atoms with E-state index in [9.17, 15) is 0 Å². The van der Waals surface area contributed by atoms with Crippen LogP contribution in [0.3, 0.4) is 0 Å². The summed E-state index contributed by atoms with van der Waals surface area (Å²) in [6, 6.07) is 0. The van der Waals surface area contributed by atoms with Crippen LogP contribution in [-0.4, -0.2) is 6.41 Å². The fraction of sp³-hybridized carbons (Fsp3) is 0. The Morgan fingerprint density at radius 2 is 2.60 bits per heavy atom. The number of carbonyl (C=O) groups excluding carboxylic acids is 1. The molecule has 0 saturated heterocycles. The first-order chi connectivity index (χ1) is 2.41. The summed E-state index contributed by atoms with van der Waals surface area (Å²) in [5, 5.41) is 2.47. The van der Waals surface area contributed by atoms with Gasteiger partial charge in [0.15, 0.2) is 0 Å². The van der Waals surface area contributed by atoms with E-state index in [1.165, 1.54) is 0 Å². The van der Waals surface area contributed by atoms with Gasteiger partial charge >= 0.3 is 0 Å². The number of nitrogens with zero attached hydrogens (tertiary/aromatic N) is 3. The van der Waals surface area contributed by atoms with Crippen molar-refractivity contribution in [2.45, 2.75) is 0 Å². The molecule has 26 valence electrons. The smallest absolute Gasteiger partial charge is 0.206 e. The molecule has 0 radical (unpaired) electrons. The molecule has 0 N–H and O–H groups in total. The van der Waals surface area contributed by atoms with E-state index in [0.29, 0.717) is 0 Å². The van der Waals surface area contributed by atoms with Gasteiger partial charge in [0.1, 0.15) is 0 Å². The van der Waals surface area contributed by atoms with Crippen LogP contribution in [0.15, 0.2) is 5.11 Å². The lowest BCUT2D eigenvalue weighted by Crippen LogP contribution is -1.44. The van der Waals surface area contributed by atoms with Crippen LogP contribution in [0.25, 0.3) is 10.4 Å². The Labute approximate surface area is 28.0 Å². The zero-order valence-electron chi connectivity index (χ0n) is 2.33. The summed E-state index contributed by atoms with van der Waals surface area (Å²) in [5.41, 5.74) is 7.29. The molecular weight excluding hydrogens is 70.0 g/mol. The Morgan fingerprint density at radius 1 is 2.00 bits per heavy atom. The van der Waals surface area contributed by atoms with Gasteiger partial charge in [-0.15, -0.1) is 0 Å². The monoisotopic (exact) mass is 71.0 g/mol. The molecule has 1 amide bonds. The molecule has 0 saturated carbocycles. The van der Waals surface area contributed by atoms with E-state index >= 15 is 0 Å². The van der Waals surface area contributed by atoms with E-state index in [4.69, 9.17) is 10.3 Å². The van der Waals surface area contributed by atoms with Gasteiger partial charge in [-0.05, 0) is 10.6 Å². The average molecular weight is 71.0 g/mol.